The first-order chi connectivity index (χ1) is 10.2. The maximum atomic E-state index is 12.5. The number of hydrogen-bond acceptors (Lipinski definition) is 4. The van der Waals surface area contributed by atoms with E-state index in [-0.39, 0.29) is 11.7 Å². The van der Waals surface area contributed by atoms with Gasteiger partial charge in [-0.2, -0.15) is 0 Å². The Kier molecular flexibility index (Phi) is 3.98. The molecule has 0 spiro atoms. The maximum absolute atomic E-state index is 12.5. The number of nitrogens with zero attached hydrogens (tertiary/aromatic N) is 1. The third-order valence-corrected chi connectivity index (χ3v) is 5.48. The summed E-state index contributed by atoms with van der Waals surface area (Å²) >= 11 is 3.02. The van der Waals surface area contributed by atoms with E-state index in [4.69, 9.17) is 0 Å². The third kappa shape index (κ3) is 2.82. The zero-order chi connectivity index (χ0) is 14.8. The summed E-state index contributed by atoms with van der Waals surface area (Å²) in [6.45, 7) is 0. The fourth-order valence-corrected chi connectivity index (χ4v) is 4.08. The van der Waals surface area contributed by atoms with Gasteiger partial charge in [-0.15, -0.1) is 23.1 Å². The Morgan fingerprint density at radius 2 is 2.10 bits per heavy atom. The van der Waals surface area contributed by atoms with Crippen LogP contribution in [0.1, 0.15) is 5.56 Å². The second kappa shape index (κ2) is 5.91. The van der Waals surface area contributed by atoms with Gasteiger partial charge in [-0.05, 0) is 23.1 Å². The molecule has 1 N–H and O–H groups in total. The number of carboxylic acids is 1. The molecule has 1 aromatic carbocycles. The standard InChI is InChI=1S/C15H13NO3S2/c17-13(9-21-14-6-3-7-20-14)16-11-5-2-1-4-10(11)8-12(16)15(18)19/h1-7,12H,8-9H2,(H,18,19). The highest BCUT2D eigenvalue weighted by molar-refractivity contribution is 8.01. The molecule has 0 aliphatic carbocycles. The van der Waals surface area contributed by atoms with Crippen LogP contribution >= 0.6 is 23.1 Å². The molecule has 1 aliphatic rings. The van der Waals surface area contributed by atoms with Crippen LogP contribution < -0.4 is 4.90 Å². The lowest BCUT2D eigenvalue weighted by Gasteiger charge is -2.22. The monoisotopic (exact) mass is 319 g/mol. The number of benzene rings is 1. The first-order valence-electron chi connectivity index (χ1n) is 6.46. The summed E-state index contributed by atoms with van der Waals surface area (Å²) < 4.78 is 1.06. The highest BCUT2D eigenvalue weighted by Gasteiger charge is 2.37. The number of carbonyl (C=O) groups is 2. The number of carbonyl (C=O) groups excluding carboxylic acids is 1. The smallest absolute Gasteiger partial charge is 0.327 e. The molecule has 4 nitrogen and oxygen atoms in total. The van der Waals surface area contributed by atoms with Crippen molar-refractivity contribution < 1.29 is 14.7 Å². The Morgan fingerprint density at radius 3 is 2.81 bits per heavy atom. The van der Waals surface area contributed by atoms with Gasteiger partial charge in [0.2, 0.25) is 5.91 Å². The van der Waals surface area contributed by atoms with Crippen molar-refractivity contribution in [3.05, 3.63) is 47.3 Å². The average molecular weight is 319 g/mol. The van der Waals surface area contributed by atoms with Crippen molar-refractivity contribution in [1.29, 1.82) is 0 Å². The lowest BCUT2D eigenvalue weighted by molar-refractivity contribution is -0.139. The Morgan fingerprint density at radius 1 is 1.29 bits per heavy atom. The van der Waals surface area contributed by atoms with Crippen LogP contribution in [0, 0.1) is 0 Å². The summed E-state index contributed by atoms with van der Waals surface area (Å²) in [6, 6.07) is 10.5. The van der Waals surface area contributed by atoms with E-state index in [0.717, 1.165) is 15.5 Å². The summed E-state index contributed by atoms with van der Waals surface area (Å²) in [6.07, 6.45) is 0.376. The summed E-state index contributed by atoms with van der Waals surface area (Å²) in [5.74, 6) is -0.870. The second-order valence-corrected chi connectivity index (χ2v) is 6.89. The van der Waals surface area contributed by atoms with Crippen molar-refractivity contribution >= 4 is 40.7 Å². The minimum Gasteiger partial charge on any atom is -0.480 e. The van der Waals surface area contributed by atoms with Gasteiger partial charge in [0.15, 0.2) is 0 Å². The first-order valence-corrected chi connectivity index (χ1v) is 8.32. The van der Waals surface area contributed by atoms with Crippen LogP contribution in [0.2, 0.25) is 0 Å². The van der Waals surface area contributed by atoms with Gasteiger partial charge in [0.05, 0.1) is 9.96 Å². The predicted molar refractivity (Wildman–Crippen MR) is 84.1 cm³/mol. The lowest BCUT2D eigenvalue weighted by Crippen LogP contribution is -2.43. The molecule has 0 saturated carbocycles. The molecule has 0 fully saturated rings. The van der Waals surface area contributed by atoms with Crippen LogP contribution in [0.4, 0.5) is 5.69 Å². The number of anilines is 1. The van der Waals surface area contributed by atoms with E-state index in [9.17, 15) is 14.7 Å². The Balaban J connectivity index is 1.80. The number of thiophene rings is 1. The van der Waals surface area contributed by atoms with Gasteiger partial charge in [0.1, 0.15) is 6.04 Å². The number of carboxylic acid groups (broad SMARTS) is 1. The van der Waals surface area contributed by atoms with Crippen molar-refractivity contribution in [3.8, 4) is 0 Å². The number of rotatable bonds is 4. The van der Waals surface area contributed by atoms with Crippen LogP contribution in [-0.2, 0) is 16.0 Å². The average Bonchev–Trinajstić information content (AvgIpc) is 3.11. The molecule has 2 heterocycles. The van der Waals surface area contributed by atoms with Gasteiger partial charge in [-0.1, -0.05) is 24.3 Å². The zero-order valence-corrected chi connectivity index (χ0v) is 12.7. The molecule has 108 valence electrons. The normalized spacial score (nSPS) is 16.8. The van der Waals surface area contributed by atoms with Gasteiger partial charge < -0.3 is 5.11 Å². The van der Waals surface area contributed by atoms with Crippen LogP contribution in [0.5, 0.6) is 0 Å². The van der Waals surface area contributed by atoms with E-state index < -0.39 is 12.0 Å². The fraction of sp³-hybridized carbons (Fsp3) is 0.200. The number of aliphatic carboxylic acids is 1. The zero-order valence-electron chi connectivity index (χ0n) is 11.1. The Bertz CT molecular complexity index is 669. The van der Waals surface area contributed by atoms with E-state index in [2.05, 4.69) is 0 Å². The van der Waals surface area contributed by atoms with Crippen LogP contribution in [0.3, 0.4) is 0 Å². The van der Waals surface area contributed by atoms with E-state index in [0.29, 0.717) is 6.42 Å². The number of thioether (sulfide) groups is 1. The van der Waals surface area contributed by atoms with Gasteiger partial charge in [0, 0.05) is 12.1 Å². The Labute approximate surface area is 130 Å². The molecular formula is C15H13NO3S2. The van der Waals surface area contributed by atoms with Gasteiger partial charge in [-0.3, -0.25) is 9.69 Å². The summed E-state index contributed by atoms with van der Waals surface area (Å²) in [4.78, 5) is 25.3. The van der Waals surface area contributed by atoms with Gasteiger partial charge in [0.25, 0.3) is 0 Å². The van der Waals surface area contributed by atoms with Gasteiger partial charge >= 0.3 is 5.97 Å². The minimum absolute atomic E-state index is 0.161. The number of fused-ring (bicyclic) bond motifs is 1. The number of amides is 1. The van der Waals surface area contributed by atoms with Crippen molar-refractivity contribution in [2.45, 2.75) is 16.7 Å². The molecule has 1 unspecified atom stereocenters. The topological polar surface area (TPSA) is 57.6 Å². The quantitative estimate of drug-likeness (QED) is 0.881. The molecule has 1 aromatic heterocycles. The van der Waals surface area contributed by atoms with E-state index in [1.165, 1.54) is 16.7 Å². The largest absolute Gasteiger partial charge is 0.480 e. The molecule has 2 aromatic rings. The number of hydrogen-bond donors (Lipinski definition) is 1. The molecule has 0 bridgehead atoms. The van der Waals surface area contributed by atoms with Crippen LogP contribution in [-0.4, -0.2) is 28.8 Å². The predicted octanol–water partition coefficient (Wildman–Crippen LogP) is 2.88. The summed E-state index contributed by atoms with van der Waals surface area (Å²) in [7, 11) is 0. The Hall–Kier alpha value is -1.79. The SMILES string of the molecule is O=C(O)C1Cc2ccccc2N1C(=O)CSc1cccs1. The van der Waals surface area contributed by atoms with E-state index >= 15 is 0 Å². The van der Waals surface area contributed by atoms with E-state index in [1.54, 1.807) is 11.3 Å². The van der Waals surface area contributed by atoms with Crippen molar-refractivity contribution in [3.63, 3.8) is 0 Å². The summed E-state index contributed by atoms with van der Waals surface area (Å²) in [5.41, 5.74) is 1.64. The molecule has 1 atom stereocenters. The van der Waals surface area contributed by atoms with Crippen molar-refractivity contribution in [1.82, 2.24) is 0 Å². The maximum Gasteiger partial charge on any atom is 0.327 e. The highest BCUT2D eigenvalue weighted by Crippen LogP contribution is 2.33. The van der Waals surface area contributed by atoms with Gasteiger partial charge in [-0.25, -0.2) is 4.79 Å². The molecule has 21 heavy (non-hydrogen) atoms. The van der Waals surface area contributed by atoms with Crippen LogP contribution in [0.15, 0.2) is 46.0 Å². The van der Waals surface area contributed by atoms with Crippen molar-refractivity contribution in [2.24, 2.45) is 0 Å². The minimum atomic E-state index is -0.958. The molecule has 0 radical (unpaired) electrons. The third-order valence-electron chi connectivity index (χ3n) is 3.36. The van der Waals surface area contributed by atoms with Crippen LogP contribution in [0.25, 0.3) is 0 Å². The first kappa shape index (κ1) is 14.2. The lowest BCUT2D eigenvalue weighted by atomic mass is 10.1. The molecule has 6 heteroatoms. The summed E-state index contributed by atoms with van der Waals surface area (Å²) in [5, 5.41) is 11.3. The molecule has 0 saturated heterocycles. The molecule has 3 rings (SSSR count). The molecule has 1 aliphatic heterocycles. The van der Waals surface area contributed by atoms with E-state index in [1.807, 2.05) is 41.8 Å². The molecule has 1 amide bonds. The highest BCUT2D eigenvalue weighted by atomic mass is 32.2. The van der Waals surface area contributed by atoms with Crippen molar-refractivity contribution in [2.75, 3.05) is 10.7 Å². The second-order valence-electron chi connectivity index (χ2n) is 4.67. The number of para-hydroxylation sites is 1. The fourth-order valence-electron chi connectivity index (χ4n) is 2.44. The molecular weight excluding hydrogens is 306 g/mol.